The summed E-state index contributed by atoms with van der Waals surface area (Å²) >= 11 is 3.22. The number of halogens is 1. The van der Waals surface area contributed by atoms with Crippen molar-refractivity contribution in [2.24, 2.45) is 0 Å². The van der Waals surface area contributed by atoms with Crippen LogP contribution in [-0.4, -0.2) is 20.4 Å². The molecule has 2 N–H and O–H groups in total. The predicted molar refractivity (Wildman–Crippen MR) is 87.9 cm³/mol. The summed E-state index contributed by atoms with van der Waals surface area (Å²) in [4.78, 5) is 3.87. The number of rotatable bonds is 3. The number of anilines is 2. The molecule has 5 nitrogen and oxygen atoms in total. The van der Waals surface area contributed by atoms with Gasteiger partial charge in [-0.3, -0.25) is 4.31 Å². The van der Waals surface area contributed by atoms with Crippen molar-refractivity contribution in [2.45, 2.75) is 18.7 Å². The van der Waals surface area contributed by atoms with E-state index in [-0.39, 0.29) is 10.7 Å². The fourth-order valence-corrected chi connectivity index (χ4v) is 3.81. The molecule has 1 aromatic heterocycles. The van der Waals surface area contributed by atoms with E-state index in [1.54, 1.807) is 0 Å². The second-order valence-corrected chi connectivity index (χ2v) is 7.71. The van der Waals surface area contributed by atoms with Crippen LogP contribution >= 0.6 is 15.9 Å². The SMILES string of the molecule is Cc1cc(C)cc(N(C)S(=O)(=O)c2cc(Br)cnc2N)c1. The molecule has 0 unspecified atom stereocenters. The van der Waals surface area contributed by atoms with Crippen LogP contribution < -0.4 is 10.0 Å². The first-order valence-corrected chi connectivity index (χ1v) is 8.43. The summed E-state index contributed by atoms with van der Waals surface area (Å²) in [5.41, 5.74) is 8.29. The predicted octanol–water partition coefficient (Wildman–Crippen LogP) is 2.87. The van der Waals surface area contributed by atoms with Crippen LogP contribution in [0.4, 0.5) is 11.5 Å². The summed E-state index contributed by atoms with van der Waals surface area (Å²) in [5.74, 6) is -0.0191. The Hall–Kier alpha value is -1.60. The molecular formula is C14H16BrN3O2S. The van der Waals surface area contributed by atoms with Crippen molar-refractivity contribution in [3.8, 4) is 0 Å². The zero-order valence-electron chi connectivity index (χ0n) is 12.0. The van der Waals surface area contributed by atoms with Gasteiger partial charge in [0, 0.05) is 17.7 Å². The number of hydrogen-bond acceptors (Lipinski definition) is 4. The molecule has 112 valence electrons. The Morgan fingerprint density at radius 1 is 1.14 bits per heavy atom. The standard InChI is InChI=1S/C14H16BrN3O2S/c1-9-4-10(2)6-12(5-9)18(3)21(19,20)13-7-11(15)8-17-14(13)16/h4-8H,1-3H3,(H2,16,17). The number of benzene rings is 1. The number of nitrogens with zero attached hydrogens (tertiary/aromatic N) is 2. The second kappa shape index (κ2) is 5.65. The van der Waals surface area contributed by atoms with E-state index in [4.69, 9.17) is 5.73 Å². The van der Waals surface area contributed by atoms with Crippen molar-refractivity contribution < 1.29 is 8.42 Å². The molecule has 2 rings (SSSR count). The van der Waals surface area contributed by atoms with Crippen LogP contribution in [0.1, 0.15) is 11.1 Å². The van der Waals surface area contributed by atoms with Crippen molar-refractivity contribution in [3.05, 3.63) is 46.1 Å². The van der Waals surface area contributed by atoms with Gasteiger partial charge in [0.25, 0.3) is 10.0 Å². The van der Waals surface area contributed by atoms with Crippen LogP contribution in [0.5, 0.6) is 0 Å². The first-order valence-electron chi connectivity index (χ1n) is 6.20. The highest BCUT2D eigenvalue weighted by molar-refractivity contribution is 9.10. The largest absolute Gasteiger partial charge is 0.383 e. The molecule has 0 amide bonds. The fraction of sp³-hybridized carbons (Fsp3) is 0.214. The molecule has 0 bridgehead atoms. The Labute approximate surface area is 133 Å². The third kappa shape index (κ3) is 3.19. The lowest BCUT2D eigenvalue weighted by molar-refractivity contribution is 0.594. The Morgan fingerprint density at radius 2 is 1.71 bits per heavy atom. The maximum absolute atomic E-state index is 12.7. The number of nitrogen functional groups attached to an aromatic ring is 1. The number of hydrogen-bond donors (Lipinski definition) is 1. The maximum atomic E-state index is 12.7. The Morgan fingerprint density at radius 3 is 2.29 bits per heavy atom. The molecule has 1 aromatic carbocycles. The van der Waals surface area contributed by atoms with Gasteiger partial charge in [-0.1, -0.05) is 6.07 Å². The van der Waals surface area contributed by atoms with Gasteiger partial charge in [0.1, 0.15) is 10.7 Å². The van der Waals surface area contributed by atoms with E-state index in [1.807, 2.05) is 32.0 Å². The van der Waals surface area contributed by atoms with Gasteiger partial charge < -0.3 is 5.73 Å². The van der Waals surface area contributed by atoms with E-state index in [0.29, 0.717) is 10.2 Å². The second-order valence-electron chi connectivity index (χ2n) is 4.86. The number of nitrogens with two attached hydrogens (primary N) is 1. The quantitative estimate of drug-likeness (QED) is 0.902. The minimum Gasteiger partial charge on any atom is -0.383 e. The zero-order valence-corrected chi connectivity index (χ0v) is 14.4. The fourth-order valence-electron chi connectivity index (χ4n) is 2.06. The molecule has 0 aliphatic heterocycles. The van der Waals surface area contributed by atoms with Gasteiger partial charge in [-0.05, 0) is 59.1 Å². The summed E-state index contributed by atoms with van der Waals surface area (Å²) in [7, 11) is -2.26. The number of sulfonamides is 1. The average molecular weight is 370 g/mol. The minimum absolute atomic E-state index is 0.0152. The highest BCUT2D eigenvalue weighted by Crippen LogP contribution is 2.28. The molecule has 0 atom stereocenters. The van der Waals surface area contributed by atoms with Gasteiger partial charge in [0.2, 0.25) is 0 Å². The molecule has 1 heterocycles. The summed E-state index contributed by atoms with van der Waals surface area (Å²) in [6.07, 6.45) is 1.46. The van der Waals surface area contributed by atoms with Crippen LogP contribution in [0, 0.1) is 13.8 Å². The van der Waals surface area contributed by atoms with Crippen molar-refractivity contribution in [2.75, 3.05) is 17.1 Å². The van der Waals surface area contributed by atoms with Gasteiger partial charge in [-0.15, -0.1) is 0 Å². The molecule has 0 saturated carbocycles. The lowest BCUT2D eigenvalue weighted by Gasteiger charge is -2.21. The van der Waals surface area contributed by atoms with E-state index < -0.39 is 10.0 Å². The van der Waals surface area contributed by atoms with Gasteiger partial charge in [0.15, 0.2) is 0 Å². The Kier molecular flexibility index (Phi) is 4.25. The molecule has 0 aliphatic carbocycles. The van der Waals surface area contributed by atoms with Crippen LogP contribution in [0.3, 0.4) is 0 Å². The molecule has 7 heteroatoms. The first kappa shape index (κ1) is 15.8. The zero-order chi connectivity index (χ0) is 15.8. The number of pyridine rings is 1. The highest BCUT2D eigenvalue weighted by atomic mass is 79.9. The molecule has 0 spiro atoms. The van der Waals surface area contributed by atoms with E-state index in [1.165, 1.54) is 23.6 Å². The smallest absolute Gasteiger partial charge is 0.267 e. The van der Waals surface area contributed by atoms with Crippen LogP contribution in [-0.2, 0) is 10.0 Å². The normalized spacial score (nSPS) is 11.4. The maximum Gasteiger partial charge on any atom is 0.267 e. The lowest BCUT2D eigenvalue weighted by Crippen LogP contribution is -2.27. The third-order valence-electron chi connectivity index (χ3n) is 3.06. The summed E-state index contributed by atoms with van der Waals surface area (Å²) in [5, 5.41) is 0. The van der Waals surface area contributed by atoms with Crippen molar-refractivity contribution in [1.82, 2.24) is 4.98 Å². The van der Waals surface area contributed by atoms with Gasteiger partial charge in [-0.2, -0.15) is 0 Å². The van der Waals surface area contributed by atoms with E-state index in [9.17, 15) is 8.42 Å². The summed E-state index contributed by atoms with van der Waals surface area (Å²) < 4.78 is 27.2. The average Bonchev–Trinajstić information content (AvgIpc) is 2.39. The molecule has 21 heavy (non-hydrogen) atoms. The number of aryl methyl sites for hydroxylation is 2. The molecule has 0 fully saturated rings. The van der Waals surface area contributed by atoms with Gasteiger partial charge >= 0.3 is 0 Å². The molecule has 0 saturated heterocycles. The van der Waals surface area contributed by atoms with Crippen LogP contribution in [0.2, 0.25) is 0 Å². The van der Waals surface area contributed by atoms with Crippen molar-refractivity contribution >= 4 is 37.5 Å². The molecule has 2 aromatic rings. The minimum atomic E-state index is -3.76. The third-order valence-corrected chi connectivity index (χ3v) is 5.31. The summed E-state index contributed by atoms with van der Waals surface area (Å²) in [6, 6.07) is 7.06. The first-order chi connectivity index (χ1) is 9.71. The molecule has 0 radical (unpaired) electrons. The van der Waals surface area contributed by atoms with E-state index in [2.05, 4.69) is 20.9 Å². The summed E-state index contributed by atoms with van der Waals surface area (Å²) in [6.45, 7) is 3.85. The van der Waals surface area contributed by atoms with Gasteiger partial charge in [-0.25, -0.2) is 13.4 Å². The lowest BCUT2D eigenvalue weighted by atomic mass is 10.1. The molecular weight excluding hydrogens is 354 g/mol. The monoisotopic (exact) mass is 369 g/mol. The van der Waals surface area contributed by atoms with Crippen molar-refractivity contribution in [1.29, 1.82) is 0 Å². The van der Waals surface area contributed by atoms with Crippen molar-refractivity contribution in [3.63, 3.8) is 0 Å². The van der Waals surface area contributed by atoms with Crippen LogP contribution in [0.25, 0.3) is 0 Å². The number of aromatic nitrogens is 1. The van der Waals surface area contributed by atoms with Crippen LogP contribution in [0.15, 0.2) is 39.8 Å². The van der Waals surface area contributed by atoms with E-state index in [0.717, 1.165) is 11.1 Å². The van der Waals surface area contributed by atoms with E-state index >= 15 is 0 Å². The Bertz CT molecular complexity index is 771. The molecule has 0 aliphatic rings. The Balaban J connectivity index is 2.55. The van der Waals surface area contributed by atoms with Gasteiger partial charge in [0.05, 0.1) is 5.69 Å². The topological polar surface area (TPSA) is 76.3 Å². The highest BCUT2D eigenvalue weighted by Gasteiger charge is 2.25.